The molecule has 0 unspecified atom stereocenters. The molecule has 9 heteroatoms. The van der Waals surface area contributed by atoms with E-state index in [0.717, 1.165) is 11.5 Å². The lowest BCUT2D eigenvalue weighted by Gasteiger charge is -1.97. The van der Waals surface area contributed by atoms with Gasteiger partial charge in [-0.05, 0) is 11.5 Å². The van der Waals surface area contributed by atoms with Crippen LogP contribution >= 0.6 is 23.1 Å². The SMILES string of the molecule is O=[N+]([O-])c1cc2csnc2c([N+](=O)[O-])c1Cl. The van der Waals surface area contributed by atoms with E-state index in [-0.39, 0.29) is 5.52 Å². The highest BCUT2D eigenvalue weighted by Gasteiger charge is 2.28. The zero-order valence-electron chi connectivity index (χ0n) is 7.42. The topological polar surface area (TPSA) is 99.2 Å². The molecule has 0 saturated heterocycles. The van der Waals surface area contributed by atoms with Crippen LogP contribution in [0.1, 0.15) is 0 Å². The number of halogens is 1. The van der Waals surface area contributed by atoms with Gasteiger partial charge in [-0.2, -0.15) is 4.37 Å². The predicted octanol–water partition coefficient (Wildman–Crippen LogP) is 2.77. The molecule has 1 aromatic carbocycles. The van der Waals surface area contributed by atoms with E-state index in [9.17, 15) is 20.2 Å². The van der Waals surface area contributed by atoms with Gasteiger partial charge in [0.1, 0.15) is 0 Å². The monoisotopic (exact) mass is 259 g/mol. The van der Waals surface area contributed by atoms with Gasteiger partial charge in [0.15, 0.2) is 10.5 Å². The Hall–Kier alpha value is -1.80. The number of hydrogen-bond acceptors (Lipinski definition) is 6. The summed E-state index contributed by atoms with van der Waals surface area (Å²) in [5.74, 6) is 0. The maximum absolute atomic E-state index is 10.8. The zero-order valence-corrected chi connectivity index (χ0v) is 8.99. The Kier molecular flexibility index (Phi) is 2.44. The Bertz CT molecular complexity index is 611. The first-order chi connectivity index (χ1) is 7.52. The summed E-state index contributed by atoms with van der Waals surface area (Å²) in [6.45, 7) is 0. The minimum absolute atomic E-state index is 0.0746. The minimum atomic E-state index is -0.766. The van der Waals surface area contributed by atoms with Crippen molar-refractivity contribution in [1.82, 2.24) is 4.37 Å². The number of benzene rings is 1. The second-order valence-corrected chi connectivity index (χ2v) is 3.83. The fraction of sp³-hybridized carbons (Fsp3) is 0. The molecule has 2 aromatic rings. The van der Waals surface area contributed by atoms with Gasteiger partial charge in [0.05, 0.1) is 9.85 Å². The van der Waals surface area contributed by atoms with Gasteiger partial charge in [-0.3, -0.25) is 20.2 Å². The van der Waals surface area contributed by atoms with Crippen LogP contribution in [-0.4, -0.2) is 14.2 Å². The lowest BCUT2D eigenvalue weighted by atomic mass is 10.2. The van der Waals surface area contributed by atoms with Crippen molar-refractivity contribution in [1.29, 1.82) is 0 Å². The van der Waals surface area contributed by atoms with Crippen molar-refractivity contribution in [2.75, 3.05) is 0 Å². The summed E-state index contributed by atoms with van der Waals surface area (Å²) in [4.78, 5) is 19.9. The first-order valence-corrected chi connectivity index (χ1v) is 5.09. The molecule has 0 aliphatic heterocycles. The molecule has 0 N–H and O–H groups in total. The number of nitro benzene ring substituents is 2. The van der Waals surface area contributed by atoms with E-state index in [4.69, 9.17) is 11.6 Å². The highest BCUT2D eigenvalue weighted by atomic mass is 35.5. The molecule has 0 spiro atoms. The highest BCUT2D eigenvalue weighted by molar-refractivity contribution is 7.04. The number of nitro groups is 2. The molecule has 0 aliphatic carbocycles. The highest BCUT2D eigenvalue weighted by Crippen LogP contribution is 2.39. The van der Waals surface area contributed by atoms with Crippen LogP contribution in [-0.2, 0) is 0 Å². The van der Waals surface area contributed by atoms with Gasteiger partial charge in [-0.15, -0.1) is 0 Å². The van der Waals surface area contributed by atoms with Gasteiger partial charge in [0.2, 0.25) is 0 Å². The molecule has 82 valence electrons. The molecule has 1 aromatic heterocycles. The van der Waals surface area contributed by atoms with Crippen molar-refractivity contribution in [2.24, 2.45) is 0 Å². The third kappa shape index (κ3) is 1.48. The second kappa shape index (κ2) is 3.65. The summed E-state index contributed by atoms with van der Waals surface area (Å²) in [6, 6.07) is 1.17. The molecule has 0 aliphatic rings. The Morgan fingerprint density at radius 3 is 2.56 bits per heavy atom. The molecule has 0 atom stereocenters. The van der Waals surface area contributed by atoms with E-state index < -0.39 is 26.2 Å². The quantitative estimate of drug-likeness (QED) is 0.610. The molecule has 0 radical (unpaired) electrons. The Labute approximate surface area is 96.7 Å². The average molecular weight is 260 g/mol. The third-order valence-electron chi connectivity index (χ3n) is 1.93. The second-order valence-electron chi connectivity index (χ2n) is 2.82. The van der Waals surface area contributed by atoms with Crippen LogP contribution in [0.2, 0.25) is 5.02 Å². The maximum atomic E-state index is 10.8. The van der Waals surface area contributed by atoms with Crippen molar-refractivity contribution >= 4 is 45.4 Å². The van der Waals surface area contributed by atoms with Crippen LogP contribution in [0, 0.1) is 20.2 Å². The van der Waals surface area contributed by atoms with E-state index in [1.807, 2.05) is 0 Å². The van der Waals surface area contributed by atoms with Crippen LogP contribution in [0.5, 0.6) is 0 Å². The molecule has 0 saturated carbocycles. The number of hydrogen-bond donors (Lipinski definition) is 0. The summed E-state index contributed by atoms with van der Waals surface area (Å²) in [5, 5.41) is 22.8. The molecular weight excluding hydrogens is 258 g/mol. The van der Waals surface area contributed by atoms with Gasteiger partial charge in [0, 0.05) is 16.8 Å². The van der Waals surface area contributed by atoms with Gasteiger partial charge in [-0.25, -0.2) is 0 Å². The van der Waals surface area contributed by atoms with Crippen LogP contribution in [0.3, 0.4) is 0 Å². The number of aromatic nitrogens is 1. The fourth-order valence-electron chi connectivity index (χ4n) is 1.26. The summed E-state index contributed by atoms with van der Waals surface area (Å²) in [7, 11) is 0. The van der Waals surface area contributed by atoms with Crippen LogP contribution in [0.15, 0.2) is 11.4 Å². The predicted molar refractivity (Wildman–Crippen MR) is 57.9 cm³/mol. The molecule has 2 rings (SSSR count). The van der Waals surface area contributed by atoms with Gasteiger partial charge < -0.3 is 0 Å². The van der Waals surface area contributed by atoms with Crippen LogP contribution < -0.4 is 0 Å². The Morgan fingerprint density at radius 2 is 2.00 bits per heavy atom. The molecule has 0 amide bonds. The Balaban J connectivity index is 2.92. The lowest BCUT2D eigenvalue weighted by molar-refractivity contribution is -0.392. The largest absolute Gasteiger partial charge is 0.322 e. The molecular formula is C7H2ClN3O4S. The number of rotatable bonds is 2. The van der Waals surface area contributed by atoms with E-state index in [0.29, 0.717) is 5.39 Å². The molecule has 0 fully saturated rings. The van der Waals surface area contributed by atoms with E-state index >= 15 is 0 Å². The molecule has 1 heterocycles. The summed E-state index contributed by atoms with van der Waals surface area (Å²) >= 11 is 6.59. The average Bonchev–Trinajstić information content (AvgIpc) is 2.62. The van der Waals surface area contributed by atoms with E-state index in [2.05, 4.69) is 4.37 Å². The first-order valence-electron chi connectivity index (χ1n) is 3.87. The molecule has 0 bridgehead atoms. The van der Waals surface area contributed by atoms with E-state index in [1.165, 1.54) is 11.4 Å². The van der Waals surface area contributed by atoms with Crippen LogP contribution in [0.4, 0.5) is 11.4 Å². The number of fused-ring (bicyclic) bond motifs is 1. The summed E-state index contributed by atoms with van der Waals surface area (Å²) < 4.78 is 3.79. The number of nitrogens with zero attached hydrogens (tertiary/aromatic N) is 3. The van der Waals surface area contributed by atoms with Gasteiger partial charge >= 0.3 is 5.69 Å². The zero-order chi connectivity index (χ0) is 11.9. The standard InChI is InChI=1S/C7H2ClN3O4S/c8-5-4(10(12)13)1-3-2-16-9-6(3)7(5)11(14)15/h1-2H. The lowest BCUT2D eigenvalue weighted by Crippen LogP contribution is -1.95. The Morgan fingerprint density at radius 1 is 1.31 bits per heavy atom. The first kappa shape index (κ1) is 10.7. The van der Waals surface area contributed by atoms with Crippen molar-refractivity contribution in [2.45, 2.75) is 0 Å². The van der Waals surface area contributed by atoms with Crippen LogP contribution in [0.25, 0.3) is 10.9 Å². The summed E-state index contributed by atoms with van der Waals surface area (Å²) in [5.41, 5.74) is -0.932. The third-order valence-corrected chi connectivity index (χ3v) is 2.95. The van der Waals surface area contributed by atoms with Crippen molar-refractivity contribution < 1.29 is 9.85 Å². The van der Waals surface area contributed by atoms with Gasteiger partial charge in [-0.1, -0.05) is 11.6 Å². The van der Waals surface area contributed by atoms with Gasteiger partial charge in [0.25, 0.3) is 5.69 Å². The molecule has 7 nitrogen and oxygen atoms in total. The fourth-order valence-corrected chi connectivity index (χ4v) is 2.19. The van der Waals surface area contributed by atoms with E-state index in [1.54, 1.807) is 0 Å². The molecule has 16 heavy (non-hydrogen) atoms. The normalized spacial score (nSPS) is 10.6. The van der Waals surface area contributed by atoms with Crippen molar-refractivity contribution in [3.8, 4) is 0 Å². The smallest absolute Gasteiger partial charge is 0.258 e. The minimum Gasteiger partial charge on any atom is -0.258 e. The van der Waals surface area contributed by atoms with Crippen molar-refractivity contribution in [3.63, 3.8) is 0 Å². The maximum Gasteiger partial charge on any atom is 0.322 e. The summed E-state index contributed by atoms with van der Waals surface area (Å²) in [6.07, 6.45) is 0. The van der Waals surface area contributed by atoms with Crippen molar-refractivity contribution in [3.05, 3.63) is 36.7 Å².